The van der Waals surface area contributed by atoms with Crippen molar-refractivity contribution in [2.45, 2.75) is 39.3 Å². The van der Waals surface area contributed by atoms with E-state index < -0.39 is 0 Å². The SMILES string of the molecule is CCC(=O)Nc1ccc2c(c1)OC[C@H](C)N(C(=O)c1cccnc1)C[C@@H](C)[C@@H](OC)CN(C)C2=O. The molecule has 0 saturated heterocycles. The number of aromatic nitrogens is 1. The molecule has 0 saturated carbocycles. The second-order valence-corrected chi connectivity index (χ2v) is 8.91. The summed E-state index contributed by atoms with van der Waals surface area (Å²) < 4.78 is 11.8. The fourth-order valence-electron chi connectivity index (χ4n) is 4.04. The second-order valence-electron chi connectivity index (χ2n) is 8.91. The lowest BCUT2D eigenvalue weighted by atomic mass is 10.0. The monoisotopic (exact) mass is 482 g/mol. The highest BCUT2D eigenvalue weighted by molar-refractivity contribution is 5.98. The number of ether oxygens (including phenoxy) is 2. The van der Waals surface area contributed by atoms with E-state index in [1.54, 1.807) is 73.6 Å². The number of pyridine rings is 1. The molecule has 35 heavy (non-hydrogen) atoms. The zero-order valence-electron chi connectivity index (χ0n) is 21.0. The molecule has 0 bridgehead atoms. The van der Waals surface area contributed by atoms with Gasteiger partial charge in [-0.3, -0.25) is 19.4 Å². The first-order chi connectivity index (χ1) is 16.7. The number of benzene rings is 1. The molecule has 3 amide bonds. The van der Waals surface area contributed by atoms with Crippen LogP contribution in [0.25, 0.3) is 0 Å². The third-order valence-corrected chi connectivity index (χ3v) is 6.22. The van der Waals surface area contributed by atoms with Gasteiger partial charge in [0.1, 0.15) is 12.4 Å². The first kappa shape index (κ1) is 26.2. The highest BCUT2D eigenvalue weighted by atomic mass is 16.5. The third-order valence-electron chi connectivity index (χ3n) is 6.22. The summed E-state index contributed by atoms with van der Waals surface area (Å²) in [6.45, 7) is 6.59. The van der Waals surface area contributed by atoms with E-state index in [-0.39, 0.29) is 42.4 Å². The first-order valence-electron chi connectivity index (χ1n) is 11.8. The zero-order valence-corrected chi connectivity index (χ0v) is 21.0. The fraction of sp³-hybridized carbons (Fsp3) is 0.462. The Kier molecular flexibility index (Phi) is 8.81. The molecule has 1 aliphatic heterocycles. The Morgan fingerprint density at radius 3 is 2.66 bits per heavy atom. The number of fused-ring (bicyclic) bond motifs is 1. The van der Waals surface area contributed by atoms with Crippen molar-refractivity contribution in [2.75, 3.05) is 39.2 Å². The molecule has 188 valence electrons. The Balaban J connectivity index is 1.99. The molecule has 0 unspecified atom stereocenters. The number of nitrogens with zero attached hydrogens (tertiary/aromatic N) is 3. The standard InChI is InChI=1S/C26H34N4O5/c1-6-24(31)28-20-9-10-21-22(12-20)35-16-18(3)30(25(32)19-8-7-11-27-13-19)14-17(2)23(34-5)15-29(4)26(21)33/h7-13,17-18,23H,6,14-16H2,1-5H3,(H,28,31)/t17-,18+,23+/m1/s1. The highest BCUT2D eigenvalue weighted by Crippen LogP contribution is 2.27. The van der Waals surface area contributed by atoms with E-state index in [9.17, 15) is 14.4 Å². The largest absolute Gasteiger partial charge is 0.491 e. The molecule has 9 nitrogen and oxygen atoms in total. The average molecular weight is 483 g/mol. The molecule has 1 aromatic heterocycles. The van der Waals surface area contributed by atoms with Crippen LogP contribution >= 0.6 is 0 Å². The van der Waals surface area contributed by atoms with Gasteiger partial charge in [0.2, 0.25) is 5.91 Å². The molecule has 0 radical (unpaired) electrons. The number of carbonyl (C=O) groups is 3. The summed E-state index contributed by atoms with van der Waals surface area (Å²) in [5.41, 5.74) is 1.41. The topological polar surface area (TPSA) is 101 Å². The maximum atomic E-state index is 13.4. The normalized spacial score (nSPS) is 21.3. The van der Waals surface area contributed by atoms with Crippen molar-refractivity contribution in [3.8, 4) is 5.75 Å². The number of methoxy groups -OCH3 is 1. The molecule has 0 aliphatic carbocycles. The number of rotatable bonds is 4. The van der Waals surface area contributed by atoms with Crippen LogP contribution in [0.15, 0.2) is 42.7 Å². The molecule has 0 spiro atoms. The molecule has 1 aromatic carbocycles. The average Bonchev–Trinajstić information content (AvgIpc) is 2.87. The van der Waals surface area contributed by atoms with Gasteiger partial charge < -0.3 is 24.6 Å². The summed E-state index contributed by atoms with van der Waals surface area (Å²) in [5, 5.41) is 2.80. The predicted octanol–water partition coefficient (Wildman–Crippen LogP) is 3.08. The molecule has 0 fully saturated rings. The van der Waals surface area contributed by atoms with Gasteiger partial charge >= 0.3 is 0 Å². The molecule has 1 aliphatic rings. The molecule has 9 heteroatoms. The van der Waals surface area contributed by atoms with Gasteiger partial charge in [0, 0.05) is 63.7 Å². The Bertz CT molecular complexity index is 1050. The van der Waals surface area contributed by atoms with Crippen molar-refractivity contribution < 1.29 is 23.9 Å². The summed E-state index contributed by atoms with van der Waals surface area (Å²) in [7, 11) is 3.33. The van der Waals surface area contributed by atoms with Crippen LogP contribution in [0.5, 0.6) is 5.75 Å². The lowest BCUT2D eigenvalue weighted by Crippen LogP contribution is -2.48. The van der Waals surface area contributed by atoms with Crippen molar-refractivity contribution in [3.63, 3.8) is 0 Å². The van der Waals surface area contributed by atoms with Crippen molar-refractivity contribution in [1.82, 2.24) is 14.8 Å². The van der Waals surface area contributed by atoms with Gasteiger partial charge in [-0.2, -0.15) is 0 Å². The highest BCUT2D eigenvalue weighted by Gasteiger charge is 2.31. The van der Waals surface area contributed by atoms with Crippen LogP contribution in [0, 0.1) is 5.92 Å². The summed E-state index contributed by atoms with van der Waals surface area (Å²) in [6.07, 6.45) is 3.22. The first-order valence-corrected chi connectivity index (χ1v) is 11.8. The van der Waals surface area contributed by atoms with E-state index in [1.165, 1.54) is 0 Å². The van der Waals surface area contributed by atoms with E-state index in [0.717, 1.165) is 0 Å². The Morgan fingerprint density at radius 1 is 1.23 bits per heavy atom. The van der Waals surface area contributed by atoms with Crippen molar-refractivity contribution in [3.05, 3.63) is 53.9 Å². The van der Waals surface area contributed by atoms with Crippen LogP contribution in [-0.2, 0) is 9.53 Å². The van der Waals surface area contributed by atoms with Crippen molar-refractivity contribution in [2.24, 2.45) is 5.92 Å². The maximum absolute atomic E-state index is 13.4. The van der Waals surface area contributed by atoms with Gasteiger partial charge in [-0.15, -0.1) is 0 Å². The number of nitrogens with one attached hydrogen (secondary N) is 1. The molecular formula is C26H34N4O5. The van der Waals surface area contributed by atoms with E-state index in [1.807, 2.05) is 13.8 Å². The van der Waals surface area contributed by atoms with Gasteiger partial charge in [0.25, 0.3) is 11.8 Å². The predicted molar refractivity (Wildman–Crippen MR) is 133 cm³/mol. The molecular weight excluding hydrogens is 448 g/mol. The minimum absolute atomic E-state index is 0.0520. The fourth-order valence-corrected chi connectivity index (χ4v) is 4.04. The summed E-state index contributed by atoms with van der Waals surface area (Å²) >= 11 is 0. The van der Waals surface area contributed by atoms with Gasteiger partial charge in [0.05, 0.1) is 23.3 Å². The smallest absolute Gasteiger partial charge is 0.257 e. The summed E-state index contributed by atoms with van der Waals surface area (Å²) in [6, 6.07) is 8.15. The van der Waals surface area contributed by atoms with Crippen LogP contribution in [0.1, 0.15) is 47.9 Å². The Labute approximate surface area is 206 Å². The van der Waals surface area contributed by atoms with Gasteiger partial charge in [-0.05, 0) is 31.2 Å². The zero-order chi connectivity index (χ0) is 25.5. The maximum Gasteiger partial charge on any atom is 0.257 e. The lowest BCUT2D eigenvalue weighted by Gasteiger charge is -2.36. The number of hydrogen-bond acceptors (Lipinski definition) is 6. The minimum Gasteiger partial charge on any atom is -0.491 e. The molecule has 2 aromatic rings. The molecule has 1 N–H and O–H groups in total. The number of hydrogen-bond donors (Lipinski definition) is 1. The Hall–Kier alpha value is -3.46. The van der Waals surface area contributed by atoms with E-state index in [4.69, 9.17) is 9.47 Å². The quantitative estimate of drug-likeness (QED) is 0.719. The van der Waals surface area contributed by atoms with E-state index in [2.05, 4.69) is 10.3 Å². The van der Waals surface area contributed by atoms with Crippen LogP contribution in [-0.4, -0.2) is 78.5 Å². The number of anilines is 1. The van der Waals surface area contributed by atoms with Gasteiger partial charge in [-0.1, -0.05) is 13.8 Å². The third kappa shape index (κ3) is 6.36. The lowest BCUT2D eigenvalue weighted by molar-refractivity contribution is -0.115. The minimum atomic E-state index is -0.309. The number of likely N-dealkylation sites (N-methyl/N-ethyl adjacent to an activating group) is 1. The van der Waals surface area contributed by atoms with Crippen LogP contribution in [0.2, 0.25) is 0 Å². The molecule has 3 atom stereocenters. The van der Waals surface area contributed by atoms with Crippen LogP contribution in [0.3, 0.4) is 0 Å². The molecule has 3 rings (SSSR count). The van der Waals surface area contributed by atoms with Gasteiger partial charge in [0.15, 0.2) is 0 Å². The Morgan fingerprint density at radius 2 is 2.00 bits per heavy atom. The van der Waals surface area contributed by atoms with Crippen molar-refractivity contribution in [1.29, 1.82) is 0 Å². The van der Waals surface area contributed by atoms with Crippen LogP contribution < -0.4 is 10.1 Å². The van der Waals surface area contributed by atoms with E-state index >= 15 is 0 Å². The van der Waals surface area contributed by atoms with Gasteiger partial charge in [-0.25, -0.2) is 0 Å². The molecule has 2 heterocycles. The number of amides is 3. The van der Waals surface area contributed by atoms with Crippen LogP contribution in [0.4, 0.5) is 5.69 Å². The summed E-state index contributed by atoms with van der Waals surface area (Å²) in [5.74, 6) is -0.205. The summed E-state index contributed by atoms with van der Waals surface area (Å²) in [4.78, 5) is 46.0. The van der Waals surface area contributed by atoms with E-state index in [0.29, 0.717) is 42.1 Å². The van der Waals surface area contributed by atoms with Crippen molar-refractivity contribution >= 4 is 23.4 Å². The number of carbonyl (C=O) groups excluding carboxylic acids is 3. The second kappa shape index (κ2) is 11.8.